The molecule has 0 unspecified atom stereocenters. The molecule has 0 aliphatic carbocycles. The first-order valence-electron chi connectivity index (χ1n) is 7.49. The standard InChI is InChI=1S/C17H15BrN2O3S2/c1-10(2)25(22,23)13-6-3-11(4-7-13)16(21)20-17-19-14-8-5-12(18)9-15(14)24-17/h3-10H,1-2H3,(H,19,20,21). The lowest BCUT2D eigenvalue weighted by Gasteiger charge is -2.08. The topological polar surface area (TPSA) is 76.1 Å². The van der Waals surface area contributed by atoms with Gasteiger partial charge in [0.1, 0.15) is 0 Å². The smallest absolute Gasteiger partial charge is 0.257 e. The molecule has 2 aromatic carbocycles. The molecule has 1 amide bonds. The third-order valence-corrected chi connectivity index (χ3v) is 7.23. The van der Waals surface area contributed by atoms with Crippen LogP contribution in [0.5, 0.6) is 0 Å². The van der Waals surface area contributed by atoms with Gasteiger partial charge in [-0.1, -0.05) is 27.3 Å². The minimum atomic E-state index is -3.35. The van der Waals surface area contributed by atoms with E-state index in [1.54, 1.807) is 13.8 Å². The molecule has 0 radical (unpaired) electrons. The number of thiazole rings is 1. The number of aromatic nitrogens is 1. The summed E-state index contributed by atoms with van der Waals surface area (Å²) < 4.78 is 26.1. The fraction of sp³-hybridized carbons (Fsp3) is 0.176. The highest BCUT2D eigenvalue weighted by molar-refractivity contribution is 9.10. The summed E-state index contributed by atoms with van der Waals surface area (Å²) in [5, 5.41) is 2.74. The number of carbonyl (C=O) groups is 1. The molecule has 0 saturated carbocycles. The van der Waals surface area contributed by atoms with Crippen molar-refractivity contribution in [3.63, 3.8) is 0 Å². The van der Waals surface area contributed by atoms with Crippen LogP contribution in [0, 0.1) is 0 Å². The van der Waals surface area contributed by atoms with E-state index in [9.17, 15) is 13.2 Å². The number of hydrogen-bond donors (Lipinski definition) is 1. The number of benzene rings is 2. The SMILES string of the molecule is CC(C)S(=O)(=O)c1ccc(C(=O)Nc2nc3ccc(Br)cc3s2)cc1. The van der Waals surface area contributed by atoms with Crippen molar-refractivity contribution >= 4 is 58.4 Å². The number of carbonyl (C=O) groups excluding carboxylic acids is 1. The Hall–Kier alpha value is -1.77. The second-order valence-electron chi connectivity index (χ2n) is 5.70. The molecule has 8 heteroatoms. The lowest BCUT2D eigenvalue weighted by molar-refractivity contribution is 0.102. The van der Waals surface area contributed by atoms with Gasteiger partial charge in [-0.3, -0.25) is 10.1 Å². The van der Waals surface area contributed by atoms with E-state index in [0.29, 0.717) is 10.7 Å². The van der Waals surface area contributed by atoms with Gasteiger partial charge in [-0.2, -0.15) is 0 Å². The maximum atomic E-state index is 12.3. The van der Waals surface area contributed by atoms with Gasteiger partial charge in [-0.25, -0.2) is 13.4 Å². The molecule has 0 saturated heterocycles. The summed E-state index contributed by atoms with van der Waals surface area (Å²) in [6.07, 6.45) is 0. The molecule has 5 nitrogen and oxygen atoms in total. The van der Waals surface area contributed by atoms with E-state index in [1.165, 1.54) is 35.6 Å². The monoisotopic (exact) mass is 438 g/mol. The fourth-order valence-electron chi connectivity index (χ4n) is 2.19. The van der Waals surface area contributed by atoms with Crippen LogP contribution in [0.4, 0.5) is 5.13 Å². The van der Waals surface area contributed by atoms with Crippen LogP contribution in [-0.2, 0) is 9.84 Å². The quantitative estimate of drug-likeness (QED) is 0.650. The summed E-state index contributed by atoms with van der Waals surface area (Å²) >= 11 is 4.78. The molecule has 0 fully saturated rings. The Balaban J connectivity index is 1.81. The van der Waals surface area contributed by atoms with Gasteiger partial charge in [0.15, 0.2) is 15.0 Å². The number of halogens is 1. The van der Waals surface area contributed by atoms with E-state index in [1.807, 2.05) is 18.2 Å². The molecule has 3 aromatic rings. The summed E-state index contributed by atoms with van der Waals surface area (Å²) in [5.74, 6) is -0.327. The first kappa shape index (κ1) is 18.0. The zero-order chi connectivity index (χ0) is 18.2. The number of hydrogen-bond acceptors (Lipinski definition) is 5. The largest absolute Gasteiger partial charge is 0.298 e. The van der Waals surface area contributed by atoms with Crippen LogP contribution in [-0.4, -0.2) is 24.6 Å². The van der Waals surface area contributed by atoms with E-state index in [0.717, 1.165) is 14.7 Å². The summed E-state index contributed by atoms with van der Waals surface area (Å²) in [7, 11) is -3.35. The summed E-state index contributed by atoms with van der Waals surface area (Å²) in [6.45, 7) is 3.25. The molecule has 1 N–H and O–H groups in total. The van der Waals surface area contributed by atoms with Crippen molar-refractivity contribution < 1.29 is 13.2 Å². The molecule has 1 aromatic heterocycles. The number of sulfone groups is 1. The van der Waals surface area contributed by atoms with Crippen molar-refractivity contribution in [3.8, 4) is 0 Å². The Kier molecular flexibility index (Phi) is 4.95. The number of anilines is 1. The molecule has 0 spiro atoms. The van der Waals surface area contributed by atoms with Gasteiger partial charge >= 0.3 is 0 Å². The van der Waals surface area contributed by atoms with Gasteiger partial charge in [0.25, 0.3) is 5.91 Å². The Morgan fingerprint density at radius 3 is 2.48 bits per heavy atom. The summed E-state index contributed by atoms with van der Waals surface area (Å²) in [5.41, 5.74) is 1.19. The van der Waals surface area contributed by atoms with Gasteiger partial charge in [0.2, 0.25) is 0 Å². The van der Waals surface area contributed by atoms with E-state index < -0.39 is 15.1 Å². The van der Waals surface area contributed by atoms with Gasteiger partial charge in [-0.15, -0.1) is 0 Å². The van der Waals surface area contributed by atoms with E-state index in [2.05, 4.69) is 26.2 Å². The van der Waals surface area contributed by atoms with Gasteiger partial charge in [0, 0.05) is 10.0 Å². The van der Waals surface area contributed by atoms with Crippen molar-refractivity contribution in [1.82, 2.24) is 4.98 Å². The molecule has 130 valence electrons. The number of amides is 1. The average molecular weight is 439 g/mol. The number of rotatable bonds is 4. The van der Waals surface area contributed by atoms with Crippen LogP contribution in [0.15, 0.2) is 51.8 Å². The van der Waals surface area contributed by atoms with Gasteiger partial charge < -0.3 is 0 Å². The molecule has 0 bridgehead atoms. The maximum absolute atomic E-state index is 12.3. The van der Waals surface area contributed by atoms with Crippen LogP contribution < -0.4 is 5.32 Å². The van der Waals surface area contributed by atoms with Crippen LogP contribution in [0.3, 0.4) is 0 Å². The molecule has 0 aliphatic heterocycles. The Bertz CT molecular complexity index is 1040. The number of fused-ring (bicyclic) bond motifs is 1. The second-order valence-corrected chi connectivity index (χ2v) is 10.2. The molecule has 1 heterocycles. The normalized spacial score (nSPS) is 11.8. The molecule has 25 heavy (non-hydrogen) atoms. The highest BCUT2D eigenvalue weighted by Gasteiger charge is 2.19. The first-order chi connectivity index (χ1) is 11.8. The highest BCUT2D eigenvalue weighted by Crippen LogP contribution is 2.28. The van der Waals surface area contributed by atoms with Gasteiger partial charge in [-0.05, 0) is 56.3 Å². The van der Waals surface area contributed by atoms with E-state index >= 15 is 0 Å². The highest BCUT2D eigenvalue weighted by atomic mass is 79.9. The first-order valence-corrected chi connectivity index (χ1v) is 10.6. The van der Waals surface area contributed by atoms with Crippen molar-refractivity contribution in [2.24, 2.45) is 0 Å². The average Bonchev–Trinajstić information content (AvgIpc) is 2.96. The van der Waals surface area contributed by atoms with E-state index in [-0.39, 0.29) is 10.8 Å². The number of nitrogens with one attached hydrogen (secondary N) is 1. The van der Waals surface area contributed by atoms with Crippen LogP contribution >= 0.6 is 27.3 Å². The van der Waals surface area contributed by atoms with Crippen molar-refractivity contribution in [3.05, 3.63) is 52.5 Å². The molecule has 0 aliphatic rings. The van der Waals surface area contributed by atoms with E-state index in [4.69, 9.17) is 0 Å². The van der Waals surface area contributed by atoms with Crippen molar-refractivity contribution in [2.45, 2.75) is 24.0 Å². The lowest BCUT2D eigenvalue weighted by Crippen LogP contribution is -2.15. The Morgan fingerprint density at radius 1 is 1.16 bits per heavy atom. The maximum Gasteiger partial charge on any atom is 0.257 e. The Morgan fingerprint density at radius 2 is 1.84 bits per heavy atom. The Labute approximate surface area is 158 Å². The van der Waals surface area contributed by atoms with Crippen LogP contribution in [0.2, 0.25) is 0 Å². The minimum absolute atomic E-state index is 0.212. The molecule has 3 rings (SSSR count). The predicted molar refractivity (Wildman–Crippen MR) is 104 cm³/mol. The zero-order valence-corrected chi connectivity index (χ0v) is 16.7. The second kappa shape index (κ2) is 6.86. The summed E-state index contributed by atoms with van der Waals surface area (Å²) in [4.78, 5) is 16.9. The number of nitrogens with zero attached hydrogens (tertiary/aromatic N) is 1. The predicted octanol–water partition coefficient (Wildman–Crippen LogP) is 4.49. The van der Waals surface area contributed by atoms with Gasteiger partial charge in [0.05, 0.1) is 20.4 Å². The molecular formula is C17H15BrN2O3S2. The summed E-state index contributed by atoms with van der Waals surface area (Å²) in [6, 6.07) is 11.6. The molecular weight excluding hydrogens is 424 g/mol. The third kappa shape index (κ3) is 3.75. The fourth-order valence-corrected chi connectivity index (χ4v) is 4.66. The van der Waals surface area contributed by atoms with Crippen LogP contribution in [0.25, 0.3) is 10.2 Å². The minimum Gasteiger partial charge on any atom is -0.298 e. The van der Waals surface area contributed by atoms with Crippen molar-refractivity contribution in [2.75, 3.05) is 5.32 Å². The lowest BCUT2D eigenvalue weighted by atomic mass is 10.2. The van der Waals surface area contributed by atoms with Crippen LogP contribution in [0.1, 0.15) is 24.2 Å². The van der Waals surface area contributed by atoms with Crippen molar-refractivity contribution in [1.29, 1.82) is 0 Å². The molecule has 0 atom stereocenters. The third-order valence-electron chi connectivity index (χ3n) is 3.64. The zero-order valence-electron chi connectivity index (χ0n) is 13.5.